The molecule has 0 atom stereocenters. The van der Waals surface area contributed by atoms with Gasteiger partial charge in [-0.05, 0) is 24.3 Å². The Hall–Kier alpha value is -3.11. The lowest BCUT2D eigenvalue weighted by Gasteiger charge is -2.27. The van der Waals surface area contributed by atoms with Crippen molar-refractivity contribution in [3.8, 4) is 5.75 Å². The Kier molecular flexibility index (Phi) is 5.36. The number of carbonyl (C=O) groups is 1. The molecule has 1 amide bonds. The van der Waals surface area contributed by atoms with E-state index in [1.165, 1.54) is 11.5 Å². The SMILES string of the molecule is COc1ccc(NC(=O)Cn2nc3nc(N4CCOCC4)ccn3c2=O)cc1Cl. The zero-order chi connectivity index (χ0) is 20.4. The van der Waals surface area contributed by atoms with Crippen LogP contribution in [0.3, 0.4) is 0 Å². The van der Waals surface area contributed by atoms with Crippen LogP contribution in [0.2, 0.25) is 5.02 Å². The molecule has 3 aromatic rings. The minimum Gasteiger partial charge on any atom is -0.495 e. The van der Waals surface area contributed by atoms with Crippen LogP contribution in [0.4, 0.5) is 11.5 Å². The van der Waals surface area contributed by atoms with E-state index in [0.717, 1.165) is 23.6 Å². The number of morpholine rings is 1. The molecule has 152 valence electrons. The van der Waals surface area contributed by atoms with Gasteiger partial charge in [0.1, 0.15) is 18.1 Å². The molecule has 0 saturated carbocycles. The number of carbonyl (C=O) groups excluding carboxylic acids is 1. The van der Waals surface area contributed by atoms with Gasteiger partial charge in [-0.2, -0.15) is 4.98 Å². The molecule has 11 heteroatoms. The molecule has 10 nitrogen and oxygen atoms in total. The molecule has 4 rings (SSSR count). The fourth-order valence-corrected chi connectivity index (χ4v) is 3.31. The van der Waals surface area contributed by atoms with E-state index in [1.54, 1.807) is 30.5 Å². The minimum absolute atomic E-state index is 0.235. The first-order chi connectivity index (χ1) is 14.0. The first-order valence-corrected chi connectivity index (χ1v) is 9.35. The number of nitrogens with one attached hydrogen (secondary N) is 1. The van der Waals surface area contributed by atoms with Crippen molar-refractivity contribution >= 4 is 34.8 Å². The number of benzene rings is 1. The molecule has 0 radical (unpaired) electrons. The monoisotopic (exact) mass is 418 g/mol. The summed E-state index contributed by atoms with van der Waals surface area (Å²) in [6, 6.07) is 6.63. The number of hydrogen-bond donors (Lipinski definition) is 1. The Bertz CT molecular complexity index is 1110. The van der Waals surface area contributed by atoms with Crippen LogP contribution in [-0.4, -0.2) is 58.5 Å². The van der Waals surface area contributed by atoms with Gasteiger partial charge in [0.2, 0.25) is 5.91 Å². The molecule has 29 heavy (non-hydrogen) atoms. The van der Waals surface area contributed by atoms with Crippen molar-refractivity contribution in [2.24, 2.45) is 0 Å². The number of aromatic nitrogens is 4. The van der Waals surface area contributed by atoms with Gasteiger partial charge < -0.3 is 19.7 Å². The molecule has 1 saturated heterocycles. The van der Waals surface area contributed by atoms with E-state index in [2.05, 4.69) is 20.3 Å². The Labute approximate surface area is 170 Å². The van der Waals surface area contributed by atoms with Crippen LogP contribution >= 0.6 is 11.6 Å². The lowest BCUT2D eigenvalue weighted by atomic mass is 10.3. The van der Waals surface area contributed by atoms with Crippen molar-refractivity contribution < 1.29 is 14.3 Å². The minimum atomic E-state index is -0.441. The zero-order valence-corrected chi connectivity index (χ0v) is 16.4. The average molecular weight is 419 g/mol. The van der Waals surface area contributed by atoms with E-state index >= 15 is 0 Å². The third-order valence-electron chi connectivity index (χ3n) is 4.50. The summed E-state index contributed by atoms with van der Waals surface area (Å²) >= 11 is 6.06. The van der Waals surface area contributed by atoms with Crippen molar-refractivity contribution in [1.82, 2.24) is 19.2 Å². The normalized spacial score (nSPS) is 14.2. The van der Waals surface area contributed by atoms with Gasteiger partial charge in [-0.1, -0.05) is 11.6 Å². The summed E-state index contributed by atoms with van der Waals surface area (Å²) in [4.78, 5) is 31.4. The highest BCUT2D eigenvalue weighted by atomic mass is 35.5. The number of rotatable bonds is 5. The van der Waals surface area contributed by atoms with Gasteiger partial charge in [0.05, 0.1) is 25.3 Å². The van der Waals surface area contributed by atoms with Gasteiger partial charge in [-0.3, -0.25) is 4.79 Å². The second-order valence-electron chi connectivity index (χ2n) is 6.39. The molecule has 1 aliphatic heterocycles. The quantitative estimate of drug-likeness (QED) is 0.660. The maximum atomic E-state index is 12.5. The van der Waals surface area contributed by atoms with Crippen LogP contribution < -0.4 is 20.6 Å². The molecule has 2 aromatic heterocycles. The van der Waals surface area contributed by atoms with Crippen LogP contribution in [0.15, 0.2) is 35.3 Å². The summed E-state index contributed by atoms with van der Waals surface area (Å²) in [5.41, 5.74) is 0.0503. The summed E-state index contributed by atoms with van der Waals surface area (Å²) in [7, 11) is 1.51. The van der Waals surface area contributed by atoms with E-state index in [4.69, 9.17) is 21.1 Å². The van der Waals surface area contributed by atoms with Crippen LogP contribution in [0.5, 0.6) is 5.75 Å². The Morgan fingerprint density at radius 3 is 2.83 bits per heavy atom. The van der Waals surface area contributed by atoms with Gasteiger partial charge in [-0.15, -0.1) is 5.10 Å². The average Bonchev–Trinajstić information content (AvgIpc) is 3.03. The molecule has 0 spiro atoms. The van der Waals surface area contributed by atoms with Crippen molar-refractivity contribution in [3.05, 3.63) is 46.0 Å². The van der Waals surface area contributed by atoms with E-state index < -0.39 is 11.6 Å². The van der Waals surface area contributed by atoms with E-state index in [0.29, 0.717) is 29.7 Å². The lowest BCUT2D eigenvalue weighted by molar-refractivity contribution is -0.117. The smallest absolute Gasteiger partial charge is 0.352 e. The van der Waals surface area contributed by atoms with Crippen LogP contribution in [0.25, 0.3) is 5.78 Å². The summed E-state index contributed by atoms with van der Waals surface area (Å²) in [5, 5.41) is 7.24. The first-order valence-electron chi connectivity index (χ1n) is 8.97. The number of methoxy groups -OCH3 is 1. The molecule has 0 bridgehead atoms. The largest absolute Gasteiger partial charge is 0.495 e. The maximum absolute atomic E-state index is 12.5. The number of amides is 1. The number of nitrogens with zero attached hydrogens (tertiary/aromatic N) is 5. The summed E-state index contributed by atoms with van der Waals surface area (Å²) in [6.07, 6.45) is 1.61. The topological polar surface area (TPSA) is 103 Å². The van der Waals surface area contributed by atoms with Gasteiger partial charge in [0.25, 0.3) is 5.78 Å². The number of hydrogen-bond acceptors (Lipinski definition) is 7. The third kappa shape index (κ3) is 4.03. The molecule has 1 fully saturated rings. The molecule has 3 heterocycles. The molecular weight excluding hydrogens is 400 g/mol. The van der Waals surface area contributed by atoms with E-state index in [9.17, 15) is 9.59 Å². The summed E-state index contributed by atoms with van der Waals surface area (Å²) in [5.74, 6) is 1.04. The van der Waals surface area contributed by atoms with Crippen LogP contribution in [0, 0.1) is 0 Å². The molecule has 1 aromatic carbocycles. The van der Waals surface area contributed by atoms with E-state index in [-0.39, 0.29) is 12.3 Å². The van der Waals surface area contributed by atoms with Crippen LogP contribution in [-0.2, 0) is 16.1 Å². The van der Waals surface area contributed by atoms with Gasteiger partial charge in [0, 0.05) is 25.0 Å². The predicted molar refractivity (Wildman–Crippen MR) is 107 cm³/mol. The highest BCUT2D eigenvalue weighted by Crippen LogP contribution is 2.27. The highest BCUT2D eigenvalue weighted by molar-refractivity contribution is 6.32. The summed E-state index contributed by atoms with van der Waals surface area (Å²) in [6.45, 7) is 2.45. The van der Waals surface area contributed by atoms with Crippen molar-refractivity contribution in [1.29, 1.82) is 0 Å². The van der Waals surface area contributed by atoms with Crippen molar-refractivity contribution in [3.63, 3.8) is 0 Å². The van der Waals surface area contributed by atoms with Gasteiger partial charge >= 0.3 is 5.69 Å². The Morgan fingerprint density at radius 2 is 2.10 bits per heavy atom. The first kappa shape index (κ1) is 19.2. The fourth-order valence-electron chi connectivity index (χ4n) is 3.05. The van der Waals surface area contributed by atoms with Gasteiger partial charge in [-0.25, -0.2) is 13.9 Å². The number of halogens is 1. The molecule has 1 N–H and O–H groups in total. The van der Waals surface area contributed by atoms with Crippen molar-refractivity contribution in [2.75, 3.05) is 43.6 Å². The Balaban J connectivity index is 1.51. The number of anilines is 2. The second-order valence-corrected chi connectivity index (χ2v) is 6.80. The molecular formula is C18H19ClN6O4. The van der Waals surface area contributed by atoms with Gasteiger partial charge in [0.15, 0.2) is 0 Å². The molecule has 0 unspecified atom stereocenters. The standard InChI is InChI=1S/C18H19ClN6O4/c1-28-14-3-2-12(10-13(14)19)20-16(26)11-25-18(27)24-5-4-15(21-17(24)22-25)23-6-8-29-9-7-23/h2-5,10H,6-9,11H2,1H3,(H,20,26). The highest BCUT2D eigenvalue weighted by Gasteiger charge is 2.16. The third-order valence-corrected chi connectivity index (χ3v) is 4.80. The van der Waals surface area contributed by atoms with E-state index in [1.807, 2.05) is 0 Å². The summed E-state index contributed by atoms with van der Waals surface area (Å²) < 4.78 is 12.8. The molecule has 1 aliphatic rings. The zero-order valence-electron chi connectivity index (χ0n) is 15.7. The second kappa shape index (κ2) is 8.10. The maximum Gasteiger partial charge on any atom is 0.352 e. The van der Waals surface area contributed by atoms with Crippen LogP contribution in [0.1, 0.15) is 0 Å². The molecule has 0 aliphatic carbocycles. The lowest BCUT2D eigenvalue weighted by Crippen LogP contribution is -2.36. The predicted octanol–water partition coefficient (Wildman–Crippen LogP) is 1.03. The number of fused-ring (bicyclic) bond motifs is 1. The Morgan fingerprint density at radius 1 is 1.31 bits per heavy atom. The number of ether oxygens (including phenoxy) is 2. The van der Waals surface area contributed by atoms with Crippen molar-refractivity contribution in [2.45, 2.75) is 6.54 Å². The fraction of sp³-hybridized carbons (Fsp3) is 0.333.